The van der Waals surface area contributed by atoms with Gasteiger partial charge in [-0.3, -0.25) is 4.98 Å². The van der Waals surface area contributed by atoms with E-state index in [-0.39, 0.29) is 5.54 Å². The van der Waals surface area contributed by atoms with Crippen molar-refractivity contribution in [1.29, 1.82) is 0 Å². The summed E-state index contributed by atoms with van der Waals surface area (Å²) in [4.78, 5) is 4.04. The molecule has 0 bridgehead atoms. The van der Waals surface area contributed by atoms with Gasteiger partial charge in [0.1, 0.15) is 0 Å². The Morgan fingerprint density at radius 1 is 1.50 bits per heavy atom. The second-order valence-electron chi connectivity index (χ2n) is 4.36. The van der Waals surface area contributed by atoms with E-state index in [0.717, 1.165) is 18.7 Å². The smallest absolute Gasteiger partial charge is 0.0400 e. The number of hydrogen-bond donors (Lipinski definition) is 2. The fraction of sp³-hybridized carbons (Fsp3) is 0.545. The second-order valence-corrected chi connectivity index (χ2v) is 4.36. The lowest BCUT2D eigenvalue weighted by Gasteiger charge is -2.19. The highest BCUT2D eigenvalue weighted by atomic mass is 14.9. The summed E-state index contributed by atoms with van der Waals surface area (Å²) in [5.41, 5.74) is 8.09. The standard InChI is InChI=1S/C11H19N3/c1-9-8-13-6-4-10(9)14-7-5-11(2,3)12/h4,6,8H,5,7,12H2,1-3H3,(H,13,14). The predicted molar refractivity (Wildman–Crippen MR) is 60.3 cm³/mol. The van der Waals surface area contributed by atoms with E-state index in [9.17, 15) is 0 Å². The number of aryl methyl sites for hydroxylation is 1. The van der Waals surface area contributed by atoms with Crippen molar-refractivity contribution in [2.24, 2.45) is 5.73 Å². The highest BCUT2D eigenvalue weighted by molar-refractivity contribution is 5.48. The van der Waals surface area contributed by atoms with Crippen molar-refractivity contribution in [3.8, 4) is 0 Å². The Balaban J connectivity index is 2.43. The molecule has 0 unspecified atom stereocenters. The molecular weight excluding hydrogens is 174 g/mol. The molecule has 0 aliphatic rings. The van der Waals surface area contributed by atoms with Crippen molar-refractivity contribution in [3.63, 3.8) is 0 Å². The van der Waals surface area contributed by atoms with E-state index < -0.39 is 0 Å². The average molecular weight is 193 g/mol. The molecule has 1 heterocycles. The van der Waals surface area contributed by atoms with E-state index in [4.69, 9.17) is 5.73 Å². The molecule has 0 aliphatic heterocycles. The number of aromatic nitrogens is 1. The lowest BCUT2D eigenvalue weighted by Crippen LogP contribution is -2.34. The van der Waals surface area contributed by atoms with Crippen LogP contribution >= 0.6 is 0 Å². The monoisotopic (exact) mass is 193 g/mol. The summed E-state index contributed by atoms with van der Waals surface area (Å²) in [5, 5.41) is 3.35. The maximum Gasteiger partial charge on any atom is 0.0400 e. The lowest BCUT2D eigenvalue weighted by atomic mass is 10.0. The fourth-order valence-electron chi connectivity index (χ4n) is 1.19. The molecule has 0 atom stereocenters. The van der Waals surface area contributed by atoms with E-state index in [2.05, 4.69) is 10.3 Å². The Kier molecular flexibility index (Phi) is 3.47. The van der Waals surface area contributed by atoms with Crippen LogP contribution in [0.4, 0.5) is 5.69 Å². The Morgan fingerprint density at radius 2 is 2.21 bits per heavy atom. The van der Waals surface area contributed by atoms with E-state index in [1.54, 1.807) is 6.20 Å². The van der Waals surface area contributed by atoms with E-state index >= 15 is 0 Å². The molecule has 3 nitrogen and oxygen atoms in total. The summed E-state index contributed by atoms with van der Waals surface area (Å²) in [6.07, 6.45) is 4.60. The molecule has 1 aromatic heterocycles. The molecule has 0 aromatic carbocycles. The quantitative estimate of drug-likeness (QED) is 0.768. The molecule has 0 spiro atoms. The minimum Gasteiger partial charge on any atom is -0.385 e. The zero-order chi connectivity index (χ0) is 10.6. The number of pyridine rings is 1. The Bertz CT molecular complexity index is 289. The molecule has 0 fully saturated rings. The van der Waals surface area contributed by atoms with Gasteiger partial charge in [0.25, 0.3) is 0 Å². The minimum atomic E-state index is -0.103. The number of hydrogen-bond acceptors (Lipinski definition) is 3. The normalized spacial score (nSPS) is 11.4. The van der Waals surface area contributed by atoms with Crippen LogP contribution in [0.1, 0.15) is 25.8 Å². The van der Waals surface area contributed by atoms with Crippen LogP contribution in [0.3, 0.4) is 0 Å². The molecule has 0 aliphatic carbocycles. The minimum absolute atomic E-state index is 0.103. The first-order chi connectivity index (χ1) is 6.49. The number of nitrogens with one attached hydrogen (secondary N) is 1. The van der Waals surface area contributed by atoms with Gasteiger partial charge in [0.2, 0.25) is 0 Å². The van der Waals surface area contributed by atoms with Crippen molar-refractivity contribution in [1.82, 2.24) is 4.98 Å². The van der Waals surface area contributed by atoms with Crippen molar-refractivity contribution >= 4 is 5.69 Å². The summed E-state index contributed by atoms with van der Waals surface area (Å²) in [5.74, 6) is 0. The molecule has 14 heavy (non-hydrogen) atoms. The Morgan fingerprint density at radius 3 is 2.79 bits per heavy atom. The summed E-state index contributed by atoms with van der Waals surface area (Å²) < 4.78 is 0. The molecule has 78 valence electrons. The van der Waals surface area contributed by atoms with E-state index in [1.807, 2.05) is 33.0 Å². The number of anilines is 1. The third kappa shape index (κ3) is 3.75. The second kappa shape index (κ2) is 4.42. The largest absolute Gasteiger partial charge is 0.385 e. The van der Waals surface area contributed by atoms with Crippen LogP contribution in [0.5, 0.6) is 0 Å². The third-order valence-electron chi connectivity index (χ3n) is 2.11. The first-order valence-corrected chi connectivity index (χ1v) is 4.92. The molecule has 3 heteroatoms. The fourth-order valence-corrected chi connectivity index (χ4v) is 1.19. The molecule has 1 aromatic rings. The van der Waals surface area contributed by atoms with Gasteiger partial charge in [-0.1, -0.05) is 0 Å². The molecule has 0 saturated heterocycles. The van der Waals surface area contributed by atoms with Gasteiger partial charge in [-0.05, 0) is 38.8 Å². The van der Waals surface area contributed by atoms with Gasteiger partial charge in [-0.2, -0.15) is 0 Å². The van der Waals surface area contributed by atoms with Crippen molar-refractivity contribution in [2.45, 2.75) is 32.7 Å². The van der Waals surface area contributed by atoms with Crippen molar-refractivity contribution in [3.05, 3.63) is 24.0 Å². The molecule has 0 saturated carbocycles. The Hall–Kier alpha value is -1.09. The zero-order valence-corrected chi connectivity index (χ0v) is 9.17. The summed E-state index contributed by atoms with van der Waals surface area (Å²) in [7, 11) is 0. The predicted octanol–water partition coefficient (Wildman–Crippen LogP) is 1.93. The highest BCUT2D eigenvalue weighted by Gasteiger charge is 2.09. The molecule has 1 rings (SSSR count). The average Bonchev–Trinajstić information content (AvgIpc) is 2.06. The van der Waals surface area contributed by atoms with Crippen LogP contribution in [0.25, 0.3) is 0 Å². The van der Waals surface area contributed by atoms with Gasteiger partial charge < -0.3 is 11.1 Å². The van der Waals surface area contributed by atoms with Crippen LogP contribution in [0.15, 0.2) is 18.5 Å². The van der Waals surface area contributed by atoms with Gasteiger partial charge in [-0.15, -0.1) is 0 Å². The molecule has 0 amide bonds. The number of nitrogens with two attached hydrogens (primary N) is 1. The zero-order valence-electron chi connectivity index (χ0n) is 9.17. The summed E-state index contributed by atoms with van der Waals surface area (Å²) in [6, 6.07) is 1.98. The van der Waals surface area contributed by atoms with Gasteiger partial charge >= 0.3 is 0 Å². The first kappa shape index (κ1) is 11.0. The van der Waals surface area contributed by atoms with Gasteiger partial charge in [-0.25, -0.2) is 0 Å². The molecule has 0 radical (unpaired) electrons. The third-order valence-corrected chi connectivity index (χ3v) is 2.11. The highest BCUT2D eigenvalue weighted by Crippen LogP contribution is 2.12. The topological polar surface area (TPSA) is 50.9 Å². The maximum atomic E-state index is 5.89. The van der Waals surface area contributed by atoms with Crippen LogP contribution in [-0.2, 0) is 0 Å². The molecule has 3 N–H and O–H groups in total. The summed E-state index contributed by atoms with van der Waals surface area (Å²) >= 11 is 0. The van der Waals surface area contributed by atoms with Crippen LogP contribution < -0.4 is 11.1 Å². The van der Waals surface area contributed by atoms with Gasteiger partial charge in [0.05, 0.1) is 0 Å². The van der Waals surface area contributed by atoms with E-state index in [0.29, 0.717) is 0 Å². The Labute approximate surface area is 85.7 Å². The van der Waals surface area contributed by atoms with Crippen LogP contribution in [0.2, 0.25) is 0 Å². The van der Waals surface area contributed by atoms with E-state index in [1.165, 1.54) is 5.56 Å². The van der Waals surface area contributed by atoms with Gasteiger partial charge in [0.15, 0.2) is 0 Å². The van der Waals surface area contributed by atoms with Crippen molar-refractivity contribution in [2.75, 3.05) is 11.9 Å². The summed E-state index contributed by atoms with van der Waals surface area (Å²) in [6.45, 7) is 7.01. The van der Waals surface area contributed by atoms with Crippen LogP contribution in [-0.4, -0.2) is 17.1 Å². The van der Waals surface area contributed by atoms with Crippen LogP contribution in [0, 0.1) is 6.92 Å². The lowest BCUT2D eigenvalue weighted by molar-refractivity contribution is 0.491. The van der Waals surface area contributed by atoms with Crippen molar-refractivity contribution < 1.29 is 0 Å². The van der Waals surface area contributed by atoms with Gasteiger partial charge in [0, 0.05) is 30.2 Å². The SMILES string of the molecule is Cc1cnccc1NCCC(C)(C)N. The maximum absolute atomic E-state index is 5.89. The number of rotatable bonds is 4. The first-order valence-electron chi connectivity index (χ1n) is 4.92. The molecular formula is C11H19N3. The number of nitrogens with zero attached hydrogens (tertiary/aromatic N) is 1.